The highest BCUT2D eigenvalue weighted by molar-refractivity contribution is 6.42. The molecule has 0 bridgehead atoms. The third kappa shape index (κ3) is 3.78. The highest BCUT2D eigenvalue weighted by Crippen LogP contribution is 2.50. The number of hydrogen-bond donors (Lipinski definition) is 0. The van der Waals surface area contributed by atoms with Gasteiger partial charge in [0.05, 0.1) is 10.0 Å². The second-order valence-electron chi connectivity index (χ2n) is 9.89. The van der Waals surface area contributed by atoms with Gasteiger partial charge in [0.1, 0.15) is 5.60 Å². The lowest BCUT2D eigenvalue weighted by molar-refractivity contribution is 0.0189. The molecule has 4 nitrogen and oxygen atoms in total. The molecular weight excluding hydrogens is 431 g/mol. The van der Waals surface area contributed by atoms with E-state index in [4.69, 9.17) is 27.9 Å². The van der Waals surface area contributed by atoms with Gasteiger partial charge in [-0.1, -0.05) is 29.3 Å². The van der Waals surface area contributed by atoms with Crippen molar-refractivity contribution in [2.75, 3.05) is 24.5 Å². The van der Waals surface area contributed by atoms with Gasteiger partial charge in [-0.2, -0.15) is 0 Å². The molecule has 2 aromatic carbocycles. The van der Waals surface area contributed by atoms with Gasteiger partial charge in [-0.25, -0.2) is 4.79 Å². The third-order valence-corrected chi connectivity index (χ3v) is 7.37. The topological polar surface area (TPSA) is 32.8 Å². The summed E-state index contributed by atoms with van der Waals surface area (Å²) >= 11 is 12.5. The summed E-state index contributed by atoms with van der Waals surface area (Å²) in [5.74, 6) is 0.302. The quantitative estimate of drug-likeness (QED) is 0.487. The van der Waals surface area contributed by atoms with E-state index in [0.29, 0.717) is 28.5 Å². The minimum absolute atomic E-state index is 0.207. The zero-order chi connectivity index (χ0) is 21.9. The monoisotopic (exact) mass is 458 g/mol. The number of rotatable bonds is 1. The molecular formula is C25H28Cl2N2O2. The van der Waals surface area contributed by atoms with Crippen molar-refractivity contribution in [3.63, 3.8) is 0 Å². The summed E-state index contributed by atoms with van der Waals surface area (Å²) in [6, 6.07) is 10.9. The number of anilines is 1. The first-order valence-corrected chi connectivity index (χ1v) is 11.8. The van der Waals surface area contributed by atoms with Crippen molar-refractivity contribution >= 4 is 35.0 Å². The Bertz CT molecular complexity index is 1050. The first kappa shape index (κ1) is 21.0. The van der Waals surface area contributed by atoms with Crippen LogP contribution in [0.3, 0.4) is 0 Å². The van der Waals surface area contributed by atoms with E-state index in [-0.39, 0.29) is 6.09 Å². The zero-order valence-corrected chi connectivity index (χ0v) is 19.8. The molecule has 2 aromatic rings. The molecule has 0 aromatic heterocycles. The summed E-state index contributed by atoms with van der Waals surface area (Å²) in [6.45, 7) is 8.30. The minimum Gasteiger partial charge on any atom is -0.444 e. The van der Waals surface area contributed by atoms with Crippen LogP contribution < -0.4 is 4.90 Å². The number of piperidine rings is 1. The molecule has 31 heavy (non-hydrogen) atoms. The summed E-state index contributed by atoms with van der Waals surface area (Å²) in [7, 11) is 0. The van der Waals surface area contributed by atoms with Gasteiger partial charge in [-0.05, 0) is 86.6 Å². The van der Waals surface area contributed by atoms with E-state index in [1.165, 1.54) is 22.4 Å². The number of carbonyl (C=O) groups is 1. The summed E-state index contributed by atoms with van der Waals surface area (Å²) < 4.78 is 5.67. The van der Waals surface area contributed by atoms with Crippen molar-refractivity contribution in [2.45, 2.75) is 57.6 Å². The van der Waals surface area contributed by atoms with Crippen molar-refractivity contribution in [1.82, 2.24) is 4.90 Å². The molecule has 6 heteroatoms. The Morgan fingerprint density at radius 1 is 1.06 bits per heavy atom. The Balaban J connectivity index is 1.52. The number of hydrogen-bond acceptors (Lipinski definition) is 3. The number of likely N-dealkylation sites (tertiary alicyclic amines) is 1. The summed E-state index contributed by atoms with van der Waals surface area (Å²) in [4.78, 5) is 17.3. The predicted molar refractivity (Wildman–Crippen MR) is 127 cm³/mol. The second kappa shape index (κ2) is 7.60. The summed E-state index contributed by atoms with van der Waals surface area (Å²) in [5.41, 5.74) is 5.93. The number of halogens is 2. The van der Waals surface area contributed by atoms with E-state index in [2.05, 4.69) is 17.0 Å². The van der Waals surface area contributed by atoms with Gasteiger partial charge < -0.3 is 14.5 Å². The Kier molecular flexibility index (Phi) is 5.14. The molecule has 1 fully saturated rings. The molecule has 0 N–H and O–H groups in total. The van der Waals surface area contributed by atoms with Crippen LogP contribution in [0.15, 0.2) is 30.3 Å². The smallest absolute Gasteiger partial charge is 0.410 e. The molecule has 0 aliphatic carbocycles. The van der Waals surface area contributed by atoms with Crippen molar-refractivity contribution in [1.29, 1.82) is 0 Å². The molecule has 3 aliphatic heterocycles. The van der Waals surface area contributed by atoms with E-state index in [0.717, 1.165) is 37.9 Å². The summed E-state index contributed by atoms with van der Waals surface area (Å²) in [5, 5.41) is 1.14. The Morgan fingerprint density at radius 3 is 2.61 bits per heavy atom. The summed E-state index contributed by atoms with van der Waals surface area (Å²) in [6.07, 6.45) is 3.02. The normalized spacial score (nSPS) is 22.2. The molecule has 2 atom stereocenters. The minimum atomic E-state index is -0.481. The lowest BCUT2D eigenvalue weighted by Crippen LogP contribution is -2.49. The molecule has 3 heterocycles. The maximum Gasteiger partial charge on any atom is 0.410 e. The first-order valence-electron chi connectivity index (χ1n) is 11.1. The Labute approximate surface area is 194 Å². The van der Waals surface area contributed by atoms with E-state index >= 15 is 0 Å². The first-order chi connectivity index (χ1) is 14.7. The Morgan fingerprint density at radius 2 is 1.87 bits per heavy atom. The molecule has 1 amide bonds. The van der Waals surface area contributed by atoms with Gasteiger partial charge in [0.25, 0.3) is 0 Å². The maximum absolute atomic E-state index is 12.8. The fraction of sp³-hybridized carbons (Fsp3) is 0.480. The standard InChI is InChI=1S/C25H28Cl2N2O2/c1-25(2,3)31-24(30)28-10-8-22-19(14-28)18-12-17(15-6-7-20(26)21(27)13-15)11-16-5-4-9-29(22)23(16)18/h6-7,11-13,19,22H,4-5,8-10,14H2,1-3H3. The van der Waals surface area contributed by atoms with Crippen LogP contribution in [0.2, 0.25) is 10.0 Å². The van der Waals surface area contributed by atoms with Gasteiger partial charge in [-0.3, -0.25) is 0 Å². The SMILES string of the molecule is CC(C)(C)OC(=O)N1CCC2C(C1)c1cc(-c3ccc(Cl)c(Cl)c3)cc3c1N2CCC3. The van der Waals surface area contributed by atoms with Gasteiger partial charge in [0.15, 0.2) is 0 Å². The maximum atomic E-state index is 12.8. The number of amides is 1. The fourth-order valence-electron chi connectivity index (χ4n) is 5.38. The van der Waals surface area contributed by atoms with Crippen molar-refractivity contribution in [3.8, 4) is 11.1 Å². The van der Waals surface area contributed by atoms with Crippen molar-refractivity contribution in [2.24, 2.45) is 0 Å². The Hall–Kier alpha value is -1.91. The number of aryl methyl sites for hydroxylation is 1. The molecule has 3 aliphatic rings. The van der Waals surface area contributed by atoms with Crippen LogP contribution in [0.5, 0.6) is 0 Å². The molecule has 0 radical (unpaired) electrons. The van der Waals surface area contributed by atoms with E-state index < -0.39 is 5.60 Å². The number of benzene rings is 2. The van der Waals surface area contributed by atoms with Gasteiger partial charge in [-0.15, -0.1) is 0 Å². The average Bonchev–Trinajstić information content (AvgIpc) is 3.04. The molecule has 1 saturated heterocycles. The molecule has 164 valence electrons. The highest BCUT2D eigenvalue weighted by Gasteiger charge is 2.45. The fourth-order valence-corrected chi connectivity index (χ4v) is 5.68. The van der Waals surface area contributed by atoms with Crippen LogP contribution in [0.1, 0.15) is 50.7 Å². The lowest BCUT2D eigenvalue weighted by atomic mass is 9.87. The van der Waals surface area contributed by atoms with Crippen LogP contribution >= 0.6 is 23.2 Å². The van der Waals surface area contributed by atoms with Crippen LogP contribution in [0, 0.1) is 0 Å². The van der Waals surface area contributed by atoms with Crippen LogP contribution in [0.25, 0.3) is 11.1 Å². The molecule has 2 unspecified atom stereocenters. The number of ether oxygens (including phenoxy) is 1. The second-order valence-corrected chi connectivity index (χ2v) is 10.7. The van der Waals surface area contributed by atoms with Crippen LogP contribution in [-0.2, 0) is 11.2 Å². The number of carbonyl (C=O) groups excluding carboxylic acids is 1. The molecule has 5 rings (SSSR count). The average molecular weight is 459 g/mol. The highest BCUT2D eigenvalue weighted by atomic mass is 35.5. The number of fused-ring (bicyclic) bond motifs is 3. The van der Waals surface area contributed by atoms with Crippen molar-refractivity contribution in [3.05, 3.63) is 51.5 Å². The van der Waals surface area contributed by atoms with Gasteiger partial charge in [0, 0.05) is 37.3 Å². The van der Waals surface area contributed by atoms with E-state index in [1.807, 2.05) is 43.9 Å². The van der Waals surface area contributed by atoms with Crippen molar-refractivity contribution < 1.29 is 9.53 Å². The van der Waals surface area contributed by atoms with Gasteiger partial charge >= 0.3 is 6.09 Å². The molecule has 0 saturated carbocycles. The lowest BCUT2D eigenvalue weighted by Gasteiger charge is -2.40. The third-order valence-electron chi connectivity index (χ3n) is 6.63. The zero-order valence-electron chi connectivity index (χ0n) is 18.3. The van der Waals surface area contributed by atoms with Crippen LogP contribution in [0.4, 0.5) is 10.5 Å². The van der Waals surface area contributed by atoms with E-state index in [1.54, 1.807) is 0 Å². The van der Waals surface area contributed by atoms with Gasteiger partial charge in [0.2, 0.25) is 0 Å². The predicted octanol–water partition coefficient (Wildman–Crippen LogP) is 6.52. The largest absolute Gasteiger partial charge is 0.444 e. The van der Waals surface area contributed by atoms with E-state index in [9.17, 15) is 4.79 Å². The number of nitrogens with zero attached hydrogens (tertiary/aromatic N) is 2. The molecule has 0 spiro atoms. The van der Waals surface area contributed by atoms with Crippen LogP contribution in [-0.4, -0.2) is 42.3 Å².